The molecule has 2 amide bonds. The van der Waals surface area contributed by atoms with Crippen molar-refractivity contribution in [3.8, 4) is 0 Å². The van der Waals surface area contributed by atoms with Crippen molar-refractivity contribution in [2.45, 2.75) is 26.0 Å². The first kappa shape index (κ1) is 14.6. The van der Waals surface area contributed by atoms with Crippen LogP contribution in [0.25, 0.3) is 0 Å². The molecule has 1 atom stereocenters. The van der Waals surface area contributed by atoms with Crippen LogP contribution in [0.5, 0.6) is 0 Å². The molecule has 0 bridgehead atoms. The third-order valence-corrected chi connectivity index (χ3v) is 3.82. The lowest BCUT2D eigenvalue weighted by molar-refractivity contribution is -0.117. The summed E-state index contributed by atoms with van der Waals surface area (Å²) >= 11 is 1.23. The van der Waals surface area contributed by atoms with Gasteiger partial charge in [0, 0.05) is 5.69 Å². The molecular weight excluding hydrogens is 248 g/mol. The number of rotatable bonds is 5. The van der Waals surface area contributed by atoms with E-state index in [1.165, 1.54) is 17.3 Å². The lowest BCUT2D eigenvalue weighted by Crippen LogP contribution is -2.25. The van der Waals surface area contributed by atoms with Crippen LogP contribution in [0.2, 0.25) is 0 Å². The quantitative estimate of drug-likeness (QED) is 0.854. The molecule has 0 aliphatic carbocycles. The number of benzene rings is 1. The maximum absolute atomic E-state index is 11.7. The zero-order chi connectivity index (χ0) is 13.7. The fraction of sp³-hybridized carbons (Fsp3) is 0.385. The van der Waals surface area contributed by atoms with E-state index in [1.54, 1.807) is 6.92 Å². The van der Waals surface area contributed by atoms with Gasteiger partial charge in [0.15, 0.2) is 0 Å². The fourth-order valence-electron chi connectivity index (χ4n) is 1.30. The summed E-state index contributed by atoms with van der Waals surface area (Å²) in [6.07, 6.45) is 0. The van der Waals surface area contributed by atoms with Gasteiger partial charge in [0.25, 0.3) is 0 Å². The van der Waals surface area contributed by atoms with Gasteiger partial charge in [-0.15, -0.1) is 11.8 Å². The second-order valence-electron chi connectivity index (χ2n) is 4.20. The summed E-state index contributed by atoms with van der Waals surface area (Å²) in [5, 5.41) is 2.44. The lowest BCUT2D eigenvalue weighted by Gasteiger charge is -2.09. The van der Waals surface area contributed by atoms with Gasteiger partial charge in [-0.3, -0.25) is 9.59 Å². The number of nitrogens with two attached hydrogens (primary N) is 1. The van der Waals surface area contributed by atoms with Gasteiger partial charge < -0.3 is 11.1 Å². The highest BCUT2D eigenvalue weighted by atomic mass is 32.2. The number of carbonyl (C=O) groups excluding carboxylic acids is 2. The Kier molecular flexibility index (Phi) is 5.22. The Labute approximate surface area is 111 Å². The van der Waals surface area contributed by atoms with E-state index in [0.717, 1.165) is 11.3 Å². The van der Waals surface area contributed by atoms with Crippen LogP contribution in [0.1, 0.15) is 18.1 Å². The van der Waals surface area contributed by atoms with Crippen LogP contribution in [0.15, 0.2) is 18.2 Å². The number of primary amides is 1. The largest absolute Gasteiger partial charge is 0.369 e. The molecule has 0 spiro atoms. The van der Waals surface area contributed by atoms with Crippen LogP contribution in [-0.4, -0.2) is 22.8 Å². The predicted molar refractivity (Wildman–Crippen MR) is 75.7 cm³/mol. The number of anilines is 1. The van der Waals surface area contributed by atoms with E-state index in [0.29, 0.717) is 0 Å². The zero-order valence-electron chi connectivity index (χ0n) is 10.8. The standard InChI is InChI=1S/C13H18N2O2S/c1-8-4-5-11(6-9(8)2)15-12(16)7-18-10(3)13(14)17/h4-6,10H,7H2,1-3H3,(H2,14,17)(H,15,16). The molecular formula is C13H18N2O2S. The Hall–Kier alpha value is -1.49. The first-order valence-electron chi connectivity index (χ1n) is 5.68. The van der Waals surface area contributed by atoms with Gasteiger partial charge in [0.05, 0.1) is 11.0 Å². The predicted octanol–water partition coefficient (Wildman–Crippen LogP) is 1.85. The van der Waals surface area contributed by atoms with E-state index in [1.807, 2.05) is 32.0 Å². The molecule has 4 nitrogen and oxygen atoms in total. The van der Waals surface area contributed by atoms with Crippen LogP contribution in [-0.2, 0) is 9.59 Å². The summed E-state index contributed by atoms with van der Waals surface area (Å²) in [5.41, 5.74) is 8.21. The van der Waals surface area contributed by atoms with Crippen molar-refractivity contribution >= 4 is 29.3 Å². The summed E-state index contributed by atoms with van der Waals surface area (Å²) in [7, 11) is 0. The van der Waals surface area contributed by atoms with Crippen LogP contribution < -0.4 is 11.1 Å². The van der Waals surface area contributed by atoms with Gasteiger partial charge in [-0.1, -0.05) is 6.07 Å². The monoisotopic (exact) mass is 266 g/mol. The van der Waals surface area contributed by atoms with Gasteiger partial charge in [0.1, 0.15) is 0 Å². The molecule has 0 aromatic heterocycles. The highest BCUT2D eigenvalue weighted by Crippen LogP contribution is 2.15. The Morgan fingerprint density at radius 3 is 2.56 bits per heavy atom. The summed E-state index contributed by atoms with van der Waals surface area (Å²) < 4.78 is 0. The summed E-state index contributed by atoms with van der Waals surface area (Å²) in [5.74, 6) is -0.313. The van der Waals surface area contributed by atoms with E-state index in [-0.39, 0.29) is 16.9 Å². The van der Waals surface area contributed by atoms with E-state index >= 15 is 0 Å². The van der Waals surface area contributed by atoms with Crippen molar-refractivity contribution in [1.29, 1.82) is 0 Å². The molecule has 0 radical (unpaired) electrons. The van der Waals surface area contributed by atoms with Crippen LogP contribution in [0.3, 0.4) is 0 Å². The highest BCUT2D eigenvalue weighted by molar-refractivity contribution is 8.01. The third kappa shape index (κ3) is 4.41. The number of nitrogens with one attached hydrogen (secondary N) is 1. The van der Waals surface area contributed by atoms with Crippen molar-refractivity contribution in [1.82, 2.24) is 0 Å². The van der Waals surface area contributed by atoms with Crippen molar-refractivity contribution in [3.05, 3.63) is 29.3 Å². The van der Waals surface area contributed by atoms with Gasteiger partial charge in [-0.05, 0) is 44.0 Å². The van der Waals surface area contributed by atoms with Crippen molar-refractivity contribution in [3.63, 3.8) is 0 Å². The minimum atomic E-state index is -0.404. The molecule has 98 valence electrons. The van der Waals surface area contributed by atoms with Crippen LogP contribution in [0, 0.1) is 13.8 Å². The summed E-state index contributed by atoms with van der Waals surface area (Å²) in [6.45, 7) is 5.70. The Bertz CT molecular complexity index is 460. The molecule has 1 aromatic carbocycles. The molecule has 0 fully saturated rings. The third-order valence-electron chi connectivity index (χ3n) is 2.66. The number of amides is 2. The topological polar surface area (TPSA) is 72.2 Å². The van der Waals surface area contributed by atoms with Crippen molar-refractivity contribution < 1.29 is 9.59 Å². The number of hydrogen-bond acceptors (Lipinski definition) is 3. The minimum absolute atomic E-state index is 0.128. The first-order chi connectivity index (χ1) is 8.40. The zero-order valence-corrected chi connectivity index (χ0v) is 11.6. The molecule has 0 saturated heterocycles. The SMILES string of the molecule is Cc1ccc(NC(=O)CSC(C)C(N)=O)cc1C. The minimum Gasteiger partial charge on any atom is -0.369 e. The Morgan fingerprint density at radius 1 is 1.33 bits per heavy atom. The molecule has 5 heteroatoms. The molecule has 1 unspecified atom stereocenters. The summed E-state index contributed by atoms with van der Waals surface area (Å²) in [4.78, 5) is 22.5. The van der Waals surface area contributed by atoms with E-state index in [2.05, 4.69) is 5.32 Å². The lowest BCUT2D eigenvalue weighted by atomic mass is 10.1. The molecule has 3 N–H and O–H groups in total. The van der Waals surface area contributed by atoms with Gasteiger partial charge in [-0.25, -0.2) is 0 Å². The molecule has 0 aliphatic heterocycles. The van der Waals surface area contributed by atoms with Gasteiger partial charge in [-0.2, -0.15) is 0 Å². The average Bonchev–Trinajstić information content (AvgIpc) is 2.30. The second kappa shape index (κ2) is 6.44. The summed E-state index contributed by atoms with van der Waals surface area (Å²) in [6, 6.07) is 5.75. The highest BCUT2D eigenvalue weighted by Gasteiger charge is 2.11. The molecule has 0 heterocycles. The molecule has 1 aromatic rings. The molecule has 18 heavy (non-hydrogen) atoms. The number of carbonyl (C=O) groups is 2. The van der Waals surface area contributed by atoms with E-state index in [4.69, 9.17) is 5.73 Å². The van der Waals surface area contributed by atoms with Crippen LogP contribution in [0.4, 0.5) is 5.69 Å². The van der Waals surface area contributed by atoms with Crippen LogP contribution >= 0.6 is 11.8 Å². The first-order valence-corrected chi connectivity index (χ1v) is 6.73. The van der Waals surface area contributed by atoms with Gasteiger partial charge >= 0.3 is 0 Å². The van der Waals surface area contributed by atoms with Gasteiger partial charge in [0.2, 0.25) is 11.8 Å². The molecule has 1 rings (SSSR count). The van der Waals surface area contributed by atoms with E-state index < -0.39 is 5.91 Å². The second-order valence-corrected chi connectivity index (χ2v) is 5.53. The average molecular weight is 266 g/mol. The van der Waals surface area contributed by atoms with Crippen molar-refractivity contribution in [2.24, 2.45) is 5.73 Å². The number of thioether (sulfide) groups is 1. The smallest absolute Gasteiger partial charge is 0.234 e. The van der Waals surface area contributed by atoms with E-state index in [9.17, 15) is 9.59 Å². The van der Waals surface area contributed by atoms with Crippen molar-refractivity contribution in [2.75, 3.05) is 11.1 Å². The Morgan fingerprint density at radius 2 is 2.00 bits per heavy atom. The maximum atomic E-state index is 11.7. The maximum Gasteiger partial charge on any atom is 0.234 e. The number of hydrogen-bond donors (Lipinski definition) is 2. The normalized spacial score (nSPS) is 11.9. The fourth-order valence-corrected chi connectivity index (χ4v) is 1.94. The molecule has 0 aliphatic rings. The molecule has 0 saturated carbocycles. The number of aryl methyl sites for hydroxylation is 2. The Balaban J connectivity index is 2.49.